The van der Waals surface area contributed by atoms with E-state index >= 15 is 0 Å². The van der Waals surface area contributed by atoms with Crippen LogP contribution in [0.3, 0.4) is 0 Å². The van der Waals surface area contributed by atoms with Gasteiger partial charge in [0.25, 0.3) is 5.78 Å². The van der Waals surface area contributed by atoms with Gasteiger partial charge in [-0.25, -0.2) is 0 Å². The lowest BCUT2D eigenvalue weighted by atomic mass is 9.95. The van der Waals surface area contributed by atoms with E-state index < -0.39 is 12.0 Å². The Bertz CT molecular complexity index is 380. The summed E-state index contributed by atoms with van der Waals surface area (Å²) >= 11 is 0. The van der Waals surface area contributed by atoms with Gasteiger partial charge in [-0.3, -0.25) is 4.79 Å². The quantitative estimate of drug-likeness (QED) is 0.624. The van der Waals surface area contributed by atoms with Crippen LogP contribution in [0, 0.1) is 0 Å². The van der Waals surface area contributed by atoms with Gasteiger partial charge in [-0.1, -0.05) is 19.3 Å². The molecule has 0 aromatic rings. The van der Waals surface area contributed by atoms with Crippen LogP contribution in [-0.2, 0) is 4.79 Å². The lowest BCUT2D eigenvalue weighted by Crippen LogP contribution is -2.31. The summed E-state index contributed by atoms with van der Waals surface area (Å²) in [5.41, 5.74) is 0.216. The molecule has 0 aromatic heterocycles. The highest BCUT2D eigenvalue weighted by molar-refractivity contribution is 5.95. The Morgan fingerprint density at radius 2 is 1.80 bits per heavy atom. The van der Waals surface area contributed by atoms with Gasteiger partial charge in [0.15, 0.2) is 0 Å². The number of nitrogens with zero attached hydrogens (tertiary/aromatic N) is 1. The Hall–Kier alpha value is -1.46. The first-order valence-electron chi connectivity index (χ1n) is 6.73. The number of hydrogen-bond donors (Lipinski definition) is 1. The number of carbonyl (C=O) groups is 1. The van der Waals surface area contributed by atoms with Gasteiger partial charge >= 0.3 is 6.18 Å². The van der Waals surface area contributed by atoms with Crippen molar-refractivity contribution in [1.29, 1.82) is 0 Å². The molecule has 0 atom stereocenters. The molecule has 1 aliphatic carbocycles. The minimum absolute atomic E-state index is 0.142. The van der Waals surface area contributed by atoms with Crippen molar-refractivity contribution in [3.05, 3.63) is 24.0 Å². The molecular formula is C14H21F3N2O. The van der Waals surface area contributed by atoms with Crippen molar-refractivity contribution < 1.29 is 18.0 Å². The van der Waals surface area contributed by atoms with Crippen molar-refractivity contribution in [3.63, 3.8) is 0 Å². The fraction of sp³-hybridized carbons (Fsp3) is 0.643. The van der Waals surface area contributed by atoms with E-state index in [1.165, 1.54) is 6.08 Å². The van der Waals surface area contributed by atoms with Crippen LogP contribution in [0.4, 0.5) is 13.2 Å². The summed E-state index contributed by atoms with van der Waals surface area (Å²) in [7, 11) is 3.53. The molecule has 0 aromatic carbocycles. The highest BCUT2D eigenvalue weighted by Crippen LogP contribution is 2.20. The van der Waals surface area contributed by atoms with Crippen molar-refractivity contribution in [2.45, 2.75) is 44.3 Å². The molecular weight excluding hydrogens is 269 g/mol. The zero-order valence-corrected chi connectivity index (χ0v) is 11.8. The largest absolute Gasteiger partial charge is 0.454 e. The van der Waals surface area contributed by atoms with Crippen molar-refractivity contribution >= 4 is 5.78 Å². The lowest BCUT2D eigenvalue weighted by Gasteiger charge is -2.24. The molecule has 0 radical (unpaired) electrons. The SMILES string of the molecule is CN(C)C=CC(=CC(=O)C(F)(F)F)NC1CCCCC1. The Balaban J connectivity index is 2.78. The van der Waals surface area contributed by atoms with Crippen LogP contribution in [-0.4, -0.2) is 37.0 Å². The topological polar surface area (TPSA) is 32.3 Å². The summed E-state index contributed by atoms with van der Waals surface area (Å²) in [6, 6.07) is 0.142. The van der Waals surface area contributed by atoms with Gasteiger partial charge in [0.05, 0.1) is 0 Å². The zero-order valence-electron chi connectivity index (χ0n) is 11.8. The number of carbonyl (C=O) groups excluding carboxylic acids is 1. The Kier molecular flexibility index (Phi) is 6.10. The zero-order chi connectivity index (χ0) is 15.2. The smallest absolute Gasteiger partial charge is 0.383 e. The van der Waals surface area contributed by atoms with Gasteiger partial charge in [-0.15, -0.1) is 0 Å². The Labute approximate surface area is 117 Å². The molecule has 3 nitrogen and oxygen atoms in total. The van der Waals surface area contributed by atoms with E-state index in [2.05, 4.69) is 5.32 Å². The van der Waals surface area contributed by atoms with Gasteiger partial charge in [-0.2, -0.15) is 13.2 Å². The fourth-order valence-electron chi connectivity index (χ4n) is 2.07. The molecule has 1 saturated carbocycles. The Morgan fingerprint density at radius 1 is 1.20 bits per heavy atom. The second-order valence-corrected chi connectivity index (χ2v) is 5.22. The molecule has 0 aliphatic heterocycles. The highest BCUT2D eigenvalue weighted by atomic mass is 19.4. The van der Waals surface area contributed by atoms with Crippen molar-refractivity contribution in [2.75, 3.05) is 14.1 Å². The molecule has 1 N–H and O–H groups in total. The summed E-state index contributed by atoms with van der Waals surface area (Å²) in [6.07, 6.45) is 4.06. The fourth-order valence-corrected chi connectivity index (χ4v) is 2.07. The second-order valence-electron chi connectivity index (χ2n) is 5.22. The van der Waals surface area contributed by atoms with Crippen LogP contribution < -0.4 is 5.32 Å². The number of allylic oxidation sites excluding steroid dienone is 2. The second kappa shape index (κ2) is 7.36. The molecule has 114 valence electrons. The first-order valence-corrected chi connectivity index (χ1v) is 6.73. The van der Waals surface area contributed by atoms with Crippen molar-refractivity contribution in [2.24, 2.45) is 0 Å². The summed E-state index contributed by atoms with van der Waals surface area (Å²) < 4.78 is 37.0. The van der Waals surface area contributed by atoms with Crippen LogP contribution in [0.15, 0.2) is 24.0 Å². The molecule has 1 aliphatic rings. The molecule has 0 saturated heterocycles. The molecule has 6 heteroatoms. The third kappa shape index (κ3) is 6.12. The predicted octanol–water partition coefficient (Wildman–Crippen LogP) is 3.00. The predicted molar refractivity (Wildman–Crippen MR) is 72.0 cm³/mol. The third-order valence-electron chi connectivity index (χ3n) is 3.09. The van der Waals surface area contributed by atoms with Crippen molar-refractivity contribution in [1.82, 2.24) is 10.2 Å². The number of halogens is 3. The number of rotatable bonds is 5. The first-order chi connectivity index (χ1) is 9.29. The summed E-state index contributed by atoms with van der Waals surface area (Å²) in [5, 5.41) is 3.04. The number of alkyl halides is 3. The molecule has 1 rings (SSSR count). The molecule has 0 amide bonds. The molecule has 0 heterocycles. The molecule has 1 fully saturated rings. The van der Waals surface area contributed by atoms with Crippen LogP contribution in [0.25, 0.3) is 0 Å². The monoisotopic (exact) mass is 290 g/mol. The number of ketones is 1. The van der Waals surface area contributed by atoms with Gasteiger partial charge in [0.2, 0.25) is 0 Å². The maximum atomic E-state index is 12.3. The van der Waals surface area contributed by atoms with Gasteiger partial charge in [0.1, 0.15) is 0 Å². The lowest BCUT2D eigenvalue weighted by molar-refractivity contribution is -0.165. The van der Waals surface area contributed by atoms with E-state index in [9.17, 15) is 18.0 Å². The van der Waals surface area contributed by atoms with Crippen LogP contribution in [0.5, 0.6) is 0 Å². The van der Waals surface area contributed by atoms with Gasteiger partial charge in [-0.05, 0) is 18.9 Å². The third-order valence-corrected chi connectivity index (χ3v) is 3.09. The van der Waals surface area contributed by atoms with Gasteiger partial charge in [0, 0.05) is 38.1 Å². The van der Waals surface area contributed by atoms with E-state index in [1.54, 1.807) is 25.2 Å². The minimum Gasteiger partial charge on any atom is -0.383 e. The minimum atomic E-state index is -4.83. The number of nitrogens with one attached hydrogen (secondary N) is 1. The summed E-state index contributed by atoms with van der Waals surface area (Å²) in [6.45, 7) is 0. The molecule has 0 spiro atoms. The van der Waals surface area contributed by atoms with Crippen LogP contribution >= 0.6 is 0 Å². The molecule has 0 bridgehead atoms. The molecule has 20 heavy (non-hydrogen) atoms. The van der Waals surface area contributed by atoms with E-state index in [4.69, 9.17) is 0 Å². The van der Waals surface area contributed by atoms with E-state index in [-0.39, 0.29) is 11.7 Å². The maximum Gasteiger partial charge on any atom is 0.454 e. The summed E-state index contributed by atoms with van der Waals surface area (Å²) in [5.74, 6) is -1.83. The van der Waals surface area contributed by atoms with Crippen molar-refractivity contribution in [3.8, 4) is 0 Å². The standard InChI is InChI=1S/C14H21F3N2O/c1-19(2)9-8-12(10-13(20)14(15,16)17)18-11-6-4-3-5-7-11/h8-11,18H,3-7H2,1-2H3. The highest BCUT2D eigenvalue weighted by Gasteiger charge is 2.36. The first kappa shape index (κ1) is 16.6. The average molecular weight is 290 g/mol. The number of hydrogen-bond acceptors (Lipinski definition) is 3. The summed E-state index contributed by atoms with van der Waals surface area (Å²) in [4.78, 5) is 12.8. The molecule has 0 unspecified atom stereocenters. The van der Waals surface area contributed by atoms with E-state index in [0.29, 0.717) is 6.08 Å². The Morgan fingerprint density at radius 3 is 2.30 bits per heavy atom. The van der Waals surface area contributed by atoms with Gasteiger partial charge < -0.3 is 10.2 Å². The van der Waals surface area contributed by atoms with Crippen LogP contribution in [0.1, 0.15) is 32.1 Å². The average Bonchev–Trinajstić information content (AvgIpc) is 2.36. The maximum absolute atomic E-state index is 12.3. The van der Waals surface area contributed by atoms with Crippen LogP contribution in [0.2, 0.25) is 0 Å². The van der Waals surface area contributed by atoms with E-state index in [0.717, 1.165) is 32.1 Å². The normalized spacial score (nSPS) is 18.4. The van der Waals surface area contributed by atoms with E-state index in [1.807, 2.05) is 0 Å².